The number of thiazole rings is 1. The zero-order chi connectivity index (χ0) is 11.5. The SMILES string of the molecule is Nc1ncc(CSc2cc(F)ccc2F)s1. The second kappa shape index (κ2) is 4.80. The lowest BCUT2D eigenvalue weighted by Gasteiger charge is -2.01. The maximum Gasteiger partial charge on any atom is 0.180 e. The fourth-order valence-electron chi connectivity index (χ4n) is 1.13. The van der Waals surface area contributed by atoms with Crippen molar-refractivity contribution >= 4 is 28.2 Å². The zero-order valence-electron chi connectivity index (χ0n) is 8.11. The molecule has 2 nitrogen and oxygen atoms in total. The summed E-state index contributed by atoms with van der Waals surface area (Å²) in [7, 11) is 0. The second-order valence-corrected chi connectivity index (χ2v) is 5.19. The van der Waals surface area contributed by atoms with Gasteiger partial charge in [0.05, 0.1) is 0 Å². The van der Waals surface area contributed by atoms with Crippen molar-refractivity contribution in [2.75, 3.05) is 5.73 Å². The van der Waals surface area contributed by atoms with Gasteiger partial charge in [-0.3, -0.25) is 0 Å². The smallest absolute Gasteiger partial charge is 0.180 e. The Bertz CT molecular complexity index is 499. The molecule has 0 unspecified atom stereocenters. The van der Waals surface area contributed by atoms with Crippen LogP contribution in [0.5, 0.6) is 0 Å². The van der Waals surface area contributed by atoms with Crippen LogP contribution in [-0.2, 0) is 5.75 Å². The number of benzene rings is 1. The first-order valence-corrected chi connectivity index (χ1v) is 6.23. The van der Waals surface area contributed by atoms with Crippen LogP contribution >= 0.6 is 23.1 Å². The number of rotatable bonds is 3. The third kappa shape index (κ3) is 2.70. The van der Waals surface area contributed by atoms with Gasteiger partial charge in [-0.05, 0) is 18.2 Å². The predicted octanol–water partition coefficient (Wildman–Crippen LogP) is 3.30. The monoisotopic (exact) mass is 258 g/mol. The predicted molar refractivity (Wildman–Crippen MR) is 62.4 cm³/mol. The number of aromatic nitrogens is 1. The van der Waals surface area contributed by atoms with Crippen molar-refractivity contribution in [2.24, 2.45) is 0 Å². The summed E-state index contributed by atoms with van der Waals surface area (Å²) >= 11 is 2.57. The molecule has 1 heterocycles. The fourth-order valence-corrected chi connectivity index (χ4v) is 2.79. The van der Waals surface area contributed by atoms with E-state index in [1.165, 1.54) is 29.2 Å². The Labute approximate surface area is 99.5 Å². The van der Waals surface area contributed by atoms with Crippen LogP contribution in [0.2, 0.25) is 0 Å². The van der Waals surface area contributed by atoms with Gasteiger partial charge in [0.15, 0.2) is 5.13 Å². The molecule has 0 bridgehead atoms. The van der Waals surface area contributed by atoms with E-state index in [9.17, 15) is 8.78 Å². The first-order valence-electron chi connectivity index (χ1n) is 4.43. The van der Waals surface area contributed by atoms with Crippen molar-refractivity contribution < 1.29 is 8.78 Å². The first kappa shape index (κ1) is 11.3. The van der Waals surface area contributed by atoms with Crippen molar-refractivity contribution in [2.45, 2.75) is 10.6 Å². The van der Waals surface area contributed by atoms with E-state index in [-0.39, 0.29) is 0 Å². The summed E-state index contributed by atoms with van der Waals surface area (Å²) in [5, 5.41) is 0.482. The van der Waals surface area contributed by atoms with Gasteiger partial charge in [-0.15, -0.1) is 23.1 Å². The van der Waals surface area contributed by atoms with Gasteiger partial charge in [0.25, 0.3) is 0 Å². The summed E-state index contributed by atoms with van der Waals surface area (Å²) in [5.74, 6) is -0.313. The molecular formula is C10H8F2N2S2. The average Bonchev–Trinajstić information content (AvgIpc) is 2.66. The van der Waals surface area contributed by atoms with Gasteiger partial charge in [0.2, 0.25) is 0 Å². The van der Waals surface area contributed by atoms with Crippen LogP contribution in [0.25, 0.3) is 0 Å². The maximum atomic E-state index is 13.3. The molecule has 0 aliphatic heterocycles. The molecule has 6 heteroatoms. The number of nitrogens with two attached hydrogens (primary N) is 1. The minimum Gasteiger partial charge on any atom is -0.375 e. The number of hydrogen-bond acceptors (Lipinski definition) is 4. The summed E-state index contributed by atoms with van der Waals surface area (Å²) in [4.78, 5) is 5.12. The van der Waals surface area contributed by atoms with Gasteiger partial charge < -0.3 is 5.73 Å². The van der Waals surface area contributed by atoms with Crippen molar-refractivity contribution in [3.63, 3.8) is 0 Å². The van der Waals surface area contributed by atoms with Crippen LogP contribution in [0.4, 0.5) is 13.9 Å². The summed E-state index contributed by atoms with van der Waals surface area (Å²) in [5.41, 5.74) is 5.47. The summed E-state index contributed by atoms with van der Waals surface area (Å²) in [6.07, 6.45) is 1.64. The minimum absolute atomic E-state index is 0.298. The van der Waals surface area contributed by atoms with Crippen molar-refractivity contribution in [1.29, 1.82) is 0 Å². The molecule has 0 radical (unpaired) electrons. The molecule has 2 aromatic rings. The molecule has 2 rings (SSSR count). The molecule has 1 aromatic carbocycles. The molecule has 1 aromatic heterocycles. The highest BCUT2D eigenvalue weighted by atomic mass is 32.2. The van der Waals surface area contributed by atoms with Crippen molar-refractivity contribution in [3.05, 3.63) is 40.9 Å². The fraction of sp³-hybridized carbons (Fsp3) is 0.100. The van der Waals surface area contributed by atoms with E-state index in [0.717, 1.165) is 17.0 Å². The maximum absolute atomic E-state index is 13.3. The molecular weight excluding hydrogens is 250 g/mol. The number of anilines is 1. The molecule has 0 saturated heterocycles. The van der Waals surface area contributed by atoms with Gasteiger partial charge >= 0.3 is 0 Å². The van der Waals surface area contributed by atoms with Crippen molar-refractivity contribution in [3.8, 4) is 0 Å². The standard InChI is InChI=1S/C10H8F2N2S2/c11-6-1-2-8(12)9(3-6)15-5-7-4-14-10(13)16-7/h1-4H,5H2,(H2,13,14). The van der Waals surface area contributed by atoms with E-state index in [2.05, 4.69) is 4.98 Å². The van der Waals surface area contributed by atoms with Crippen LogP contribution in [0.1, 0.15) is 4.88 Å². The molecule has 2 N–H and O–H groups in total. The molecule has 0 saturated carbocycles. The van der Waals surface area contributed by atoms with E-state index in [1.807, 2.05) is 0 Å². The quantitative estimate of drug-likeness (QED) is 0.858. The summed E-state index contributed by atoms with van der Waals surface area (Å²) < 4.78 is 26.1. The van der Waals surface area contributed by atoms with Crippen LogP contribution in [0.3, 0.4) is 0 Å². The van der Waals surface area contributed by atoms with E-state index >= 15 is 0 Å². The number of hydrogen-bond donors (Lipinski definition) is 1. The number of thioether (sulfide) groups is 1. The normalized spacial score (nSPS) is 10.6. The Balaban J connectivity index is 2.07. The van der Waals surface area contributed by atoms with Crippen molar-refractivity contribution in [1.82, 2.24) is 4.98 Å². The molecule has 0 fully saturated rings. The Kier molecular flexibility index (Phi) is 3.40. The van der Waals surface area contributed by atoms with E-state index < -0.39 is 11.6 Å². The van der Waals surface area contributed by atoms with Gasteiger partial charge in [-0.25, -0.2) is 13.8 Å². The molecule has 0 aliphatic rings. The van der Waals surface area contributed by atoms with Gasteiger partial charge in [0, 0.05) is 21.7 Å². The highest BCUT2D eigenvalue weighted by Gasteiger charge is 2.06. The Morgan fingerprint density at radius 2 is 2.19 bits per heavy atom. The van der Waals surface area contributed by atoms with Gasteiger partial charge in [-0.1, -0.05) is 0 Å². The third-order valence-corrected chi connectivity index (χ3v) is 3.92. The van der Waals surface area contributed by atoms with Crippen LogP contribution in [-0.4, -0.2) is 4.98 Å². The lowest BCUT2D eigenvalue weighted by atomic mass is 10.3. The van der Waals surface area contributed by atoms with E-state index in [0.29, 0.717) is 15.8 Å². The first-order chi connectivity index (χ1) is 7.65. The number of halogens is 2. The van der Waals surface area contributed by atoms with E-state index in [1.54, 1.807) is 6.20 Å². The Morgan fingerprint density at radius 1 is 1.38 bits per heavy atom. The van der Waals surface area contributed by atoms with Crippen LogP contribution < -0.4 is 5.73 Å². The van der Waals surface area contributed by atoms with E-state index in [4.69, 9.17) is 5.73 Å². The lowest BCUT2D eigenvalue weighted by molar-refractivity contribution is 0.577. The molecule has 0 spiro atoms. The highest BCUT2D eigenvalue weighted by Crippen LogP contribution is 2.28. The second-order valence-electron chi connectivity index (χ2n) is 3.03. The third-order valence-electron chi connectivity index (χ3n) is 1.83. The number of nitrogen functional groups attached to an aromatic ring is 1. The van der Waals surface area contributed by atoms with Crippen LogP contribution in [0.15, 0.2) is 29.3 Å². The topological polar surface area (TPSA) is 38.9 Å². The molecule has 16 heavy (non-hydrogen) atoms. The average molecular weight is 258 g/mol. The summed E-state index contributed by atoms with van der Waals surface area (Å²) in [6.45, 7) is 0. The molecule has 0 amide bonds. The minimum atomic E-state index is -0.437. The molecule has 0 atom stereocenters. The highest BCUT2D eigenvalue weighted by molar-refractivity contribution is 7.98. The van der Waals surface area contributed by atoms with Crippen LogP contribution in [0, 0.1) is 11.6 Å². The zero-order valence-corrected chi connectivity index (χ0v) is 9.75. The number of nitrogens with zero attached hydrogens (tertiary/aromatic N) is 1. The summed E-state index contributed by atoms with van der Waals surface area (Å²) in [6, 6.07) is 3.41. The Morgan fingerprint density at radius 3 is 2.88 bits per heavy atom. The van der Waals surface area contributed by atoms with Gasteiger partial charge in [-0.2, -0.15) is 0 Å². The lowest BCUT2D eigenvalue weighted by Crippen LogP contribution is -1.84. The molecule has 0 aliphatic carbocycles. The van der Waals surface area contributed by atoms with Gasteiger partial charge in [0.1, 0.15) is 11.6 Å². The largest absolute Gasteiger partial charge is 0.375 e. The molecule has 84 valence electrons. The Hall–Kier alpha value is -1.14.